The number of aryl methyl sites for hydroxylation is 2. The summed E-state index contributed by atoms with van der Waals surface area (Å²) in [6, 6.07) is 0. The molecule has 0 aliphatic carbocycles. The van der Waals surface area contributed by atoms with Crippen LogP contribution in [0.15, 0.2) is 11.4 Å². The van der Waals surface area contributed by atoms with Crippen LogP contribution in [-0.2, 0) is 4.79 Å². The lowest BCUT2D eigenvalue weighted by Crippen LogP contribution is -2.35. The highest BCUT2D eigenvalue weighted by atomic mass is 35.5. The van der Waals surface area contributed by atoms with E-state index in [4.69, 9.17) is 5.73 Å². The number of nitrogens with two attached hydrogens (primary N) is 1. The van der Waals surface area contributed by atoms with E-state index in [0.717, 1.165) is 34.8 Å². The van der Waals surface area contributed by atoms with Crippen LogP contribution >= 0.6 is 35.5 Å². The summed E-state index contributed by atoms with van der Waals surface area (Å²) in [6.45, 7) is 8.54. The van der Waals surface area contributed by atoms with Gasteiger partial charge in [0.15, 0.2) is 0 Å². The van der Waals surface area contributed by atoms with Crippen molar-refractivity contribution in [2.24, 2.45) is 11.1 Å². The Morgan fingerprint density at radius 2 is 2.21 bits per heavy atom. The van der Waals surface area contributed by atoms with Crippen molar-refractivity contribution in [3.63, 3.8) is 0 Å². The fraction of sp³-hybridized carbons (Fsp3) is 0.562. The molecule has 1 aliphatic rings. The van der Waals surface area contributed by atoms with Gasteiger partial charge >= 0.3 is 0 Å². The molecule has 1 aliphatic heterocycles. The fourth-order valence-electron chi connectivity index (χ4n) is 2.88. The summed E-state index contributed by atoms with van der Waals surface area (Å²) in [5.41, 5.74) is 7.11. The highest BCUT2D eigenvalue weighted by Gasteiger charge is 2.34. The fourth-order valence-corrected chi connectivity index (χ4v) is 4.90. The van der Waals surface area contributed by atoms with E-state index in [1.54, 1.807) is 17.7 Å². The van der Waals surface area contributed by atoms with E-state index in [1.807, 2.05) is 4.90 Å². The number of carbonyl (C=O) groups excluding carboxylic acids is 1. The minimum Gasteiger partial charge on any atom is -0.341 e. The smallest absolute Gasteiger partial charge is 0.233 e. The topological polar surface area (TPSA) is 72.1 Å². The van der Waals surface area contributed by atoms with Gasteiger partial charge in [0.2, 0.25) is 5.91 Å². The Morgan fingerprint density at radius 1 is 1.46 bits per heavy atom. The zero-order valence-corrected chi connectivity index (χ0v) is 16.6. The number of carbonyl (C=O) groups is 1. The molecule has 0 saturated carbocycles. The maximum atomic E-state index is 12.5. The van der Waals surface area contributed by atoms with Gasteiger partial charge in [-0.25, -0.2) is 9.97 Å². The lowest BCUT2D eigenvalue weighted by molar-refractivity contribution is -0.127. The number of halogens is 1. The second kappa shape index (κ2) is 7.56. The van der Waals surface area contributed by atoms with Crippen molar-refractivity contribution >= 4 is 51.6 Å². The van der Waals surface area contributed by atoms with E-state index in [9.17, 15) is 4.79 Å². The number of likely N-dealkylation sites (tertiary alicyclic amines) is 1. The third kappa shape index (κ3) is 3.69. The third-order valence-corrected chi connectivity index (χ3v) is 6.76. The summed E-state index contributed by atoms with van der Waals surface area (Å²) in [7, 11) is 0. The van der Waals surface area contributed by atoms with Gasteiger partial charge in [-0.1, -0.05) is 18.7 Å². The number of fused-ring (bicyclic) bond motifs is 1. The SMILES string of the molecule is Cc1sc2ncnc(SCC(=O)N3CCC(C)(CN)C3)c2c1C.Cl. The monoisotopic (exact) mass is 386 g/mol. The normalized spacial score (nSPS) is 20.4. The molecule has 1 fully saturated rings. The lowest BCUT2D eigenvalue weighted by Gasteiger charge is -2.22. The summed E-state index contributed by atoms with van der Waals surface area (Å²) >= 11 is 3.19. The largest absolute Gasteiger partial charge is 0.341 e. The molecule has 2 aromatic rings. The average Bonchev–Trinajstić information content (AvgIpc) is 3.07. The van der Waals surface area contributed by atoms with Crippen molar-refractivity contribution in [2.75, 3.05) is 25.4 Å². The number of thioether (sulfide) groups is 1. The van der Waals surface area contributed by atoms with Crippen LogP contribution in [0.2, 0.25) is 0 Å². The first-order chi connectivity index (χ1) is 10.9. The van der Waals surface area contributed by atoms with Crippen LogP contribution in [0.25, 0.3) is 10.2 Å². The first-order valence-electron chi connectivity index (χ1n) is 7.75. The van der Waals surface area contributed by atoms with E-state index < -0.39 is 0 Å². The Bertz CT molecular complexity index is 751. The highest BCUT2D eigenvalue weighted by Crippen LogP contribution is 2.35. The second-order valence-electron chi connectivity index (χ2n) is 6.51. The molecule has 8 heteroatoms. The Kier molecular flexibility index (Phi) is 6.12. The molecule has 0 radical (unpaired) electrons. The van der Waals surface area contributed by atoms with Gasteiger partial charge in [-0.15, -0.1) is 23.7 Å². The molecule has 1 saturated heterocycles. The number of thiophene rings is 1. The summed E-state index contributed by atoms with van der Waals surface area (Å²) in [6.07, 6.45) is 2.58. The molecular weight excluding hydrogens is 364 g/mol. The Hall–Kier alpha value is -0.890. The summed E-state index contributed by atoms with van der Waals surface area (Å²) in [5, 5.41) is 2.01. The van der Waals surface area contributed by atoms with Crippen molar-refractivity contribution in [1.82, 2.24) is 14.9 Å². The van der Waals surface area contributed by atoms with Gasteiger partial charge in [-0.05, 0) is 37.8 Å². The lowest BCUT2D eigenvalue weighted by atomic mass is 9.90. The molecule has 2 aromatic heterocycles. The molecule has 132 valence electrons. The molecule has 1 atom stereocenters. The van der Waals surface area contributed by atoms with Crippen LogP contribution in [0.3, 0.4) is 0 Å². The standard InChI is InChI=1S/C16H22N4OS2.ClH/c1-10-11(2)23-15-13(10)14(18-9-19-15)22-6-12(21)20-5-4-16(3,7-17)8-20;/h9H,4-8,17H2,1-3H3;1H. The predicted octanol–water partition coefficient (Wildman–Crippen LogP) is 3.02. The van der Waals surface area contributed by atoms with E-state index in [0.29, 0.717) is 12.3 Å². The van der Waals surface area contributed by atoms with Gasteiger partial charge in [0, 0.05) is 23.4 Å². The van der Waals surface area contributed by atoms with Crippen LogP contribution in [0.5, 0.6) is 0 Å². The van der Waals surface area contributed by atoms with Gasteiger partial charge in [0.25, 0.3) is 0 Å². The van der Waals surface area contributed by atoms with Crippen molar-refractivity contribution in [2.45, 2.75) is 32.2 Å². The number of amides is 1. The molecule has 3 heterocycles. The van der Waals surface area contributed by atoms with E-state index in [1.165, 1.54) is 22.2 Å². The van der Waals surface area contributed by atoms with Crippen molar-refractivity contribution in [1.29, 1.82) is 0 Å². The quantitative estimate of drug-likeness (QED) is 0.645. The molecule has 0 bridgehead atoms. The van der Waals surface area contributed by atoms with Crippen LogP contribution in [-0.4, -0.2) is 46.2 Å². The van der Waals surface area contributed by atoms with Crippen LogP contribution < -0.4 is 5.73 Å². The maximum Gasteiger partial charge on any atom is 0.233 e. The van der Waals surface area contributed by atoms with Crippen molar-refractivity contribution in [3.05, 3.63) is 16.8 Å². The Balaban J connectivity index is 0.00000208. The molecule has 0 spiro atoms. The van der Waals surface area contributed by atoms with Crippen LogP contribution in [0.4, 0.5) is 0 Å². The average molecular weight is 387 g/mol. The summed E-state index contributed by atoms with van der Waals surface area (Å²) in [4.78, 5) is 25.4. The Morgan fingerprint density at radius 3 is 2.88 bits per heavy atom. The maximum absolute atomic E-state index is 12.5. The van der Waals surface area contributed by atoms with E-state index in [2.05, 4.69) is 30.7 Å². The molecule has 0 aromatic carbocycles. The number of hydrogen-bond donors (Lipinski definition) is 1. The van der Waals surface area contributed by atoms with E-state index in [-0.39, 0.29) is 23.7 Å². The second-order valence-corrected chi connectivity index (χ2v) is 8.68. The van der Waals surface area contributed by atoms with Gasteiger partial charge in [0.05, 0.1) is 5.75 Å². The van der Waals surface area contributed by atoms with Gasteiger partial charge < -0.3 is 10.6 Å². The summed E-state index contributed by atoms with van der Waals surface area (Å²) in [5.74, 6) is 0.588. The first-order valence-corrected chi connectivity index (χ1v) is 9.55. The van der Waals surface area contributed by atoms with Crippen LogP contribution in [0.1, 0.15) is 23.8 Å². The zero-order chi connectivity index (χ0) is 16.6. The van der Waals surface area contributed by atoms with Crippen molar-refractivity contribution < 1.29 is 4.79 Å². The summed E-state index contributed by atoms with van der Waals surface area (Å²) < 4.78 is 0. The van der Waals surface area contributed by atoms with Crippen LogP contribution in [0, 0.1) is 19.3 Å². The van der Waals surface area contributed by atoms with E-state index >= 15 is 0 Å². The van der Waals surface area contributed by atoms with Gasteiger partial charge in [0.1, 0.15) is 16.2 Å². The van der Waals surface area contributed by atoms with Crippen molar-refractivity contribution in [3.8, 4) is 0 Å². The number of nitrogens with zero attached hydrogens (tertiary/aromatic N) is 3. The number of rotatable bonds is 4. The molecule has 1 unspecified atom stereocenters. The van der Waals surface area contributed by atoms with Gasteiger partial charge in [-0.2, -0.15) is 0 Å². The molecule has 5 nitrogen and oxygen atoms in total. The number of aromatic nitrogens is 2. The molecular formula is C16H23ClN4OS2. The number of hydrogen-bond acceptors (Lipinski definition) is 6. The zero-order valence-electron chi connectivity index (χ0n) is 14.2. The first kappa shape index (κ1) is 19.4. The molecule has 2 N–H and O–H groups in total. The molecule has 3 rings (SSSR count). The minimum absolute atomic E-state index is 0. The van der Waals surface area contributed by atoms with Gasteiger partial charge in [-0.3, -0.25) is 4.79 Å². The molecule has 1 amide bonds. The minimum atomic E-state index is 0. The molecule has 24 heavy (non-hydrogen) atoms. The highest BCUT2D eigenvalue weighted by molar-refractivity contribution is 8.00. The predicted molar refractivity (Wildman–Crippen MR) is 103 cm³/mol. The third-order valence-electron chi connectivity index (χ3n) is 4.67. The Labute approximate surface area is 156 Å².